The largest absolute Gasteiger partial charge is 0.277 e. The lowest BCUT2D eigenvalue weighted by atomic mass is 10.1. The van der Waals surface area contributed by atoms with Crippen LogP contribution in [0.5, 0.6) is 0 Å². The summed E-state index contributed by atoms with van der Waals surface area (Å²) in [5, 5.41) is 3.48. The number of hydrogen-bond donors (Lipinski definition) is 1. The second-order valence-electron chi connectivity index (χ2n) is 4.97. The summed E-state index contributed by atoms with van der Waals surface area (Å²) in [4.78, 5) is 24.6. The van der Waals surface area contributed by atoms with Crippen LogP contribution >= 0.6 is 0 Å². The Hall–Kier alpha value is -2.62. The van der Waals surface area contributed by atoms with Gasteiger partial charge < -0.3 is 0 Å². The molecule has 0 bridgehead atoms. The summed E-state index contributed by atoms with van der Waals surface area (Å²) in [7, 11) is 0. The first-order valence-corrected chi connectivity index (χ1v) is 6.39. The van der Waals surface area contributed by atoms with Gasteiger partial charge >= 0.3 is 0 Å². The van der Waals surface area contributed by atoms with E-state index in [1.165, 1.54) is 4.68 Å². The van der Waals surface area contributed by atoms with E-state index in [9.17, 15) is 9.59 Å². The van der Waals surface area contributed by atoms with Crippen molar-refractivity contribution < 1.29 is 0 Å². The third-order valence-corrected chi connectivity index (χ3v) is 3.28. The summed E-state index contributed by atoms with van der Waals surface area (Å²) in [5.74, 6) is 0. The molecule has 0 aliphatic carbocycles. The lowest BCUT2D eigenvalue weighted by molar-refractivity contribution is 0.800. The smallest absolute Gasteiger partial charge is 0.267 e. The summed E-state index contributed by atoms with van der Waals surface area (Å²) in [6.07, 6.45) is 0. The summed E-state index contributed by atoms with van der Waals surface area (Å²) in [5.41, 5.74) is 2.28. The number of rotatable bonds is 1. The van der Waals surface area contributed by atoms with Crippen molar-refractivity contribution in [1.29, 1.82) is 0 Å². The van der Waals surface area contributed by atoms with Crippen LogP contribution in [0.4, 0.5) is 0 Å². The van der Waals surface area contributed by atoms with Crippen molar-refractivity contribution in [2.75, 3.05) is 0 Å². The zero-order valence-corrected chi connectivity index (χ0v) is 11.3. The van der Waals surface area contributed by atoms with Gasteiger partial charge in [-0.05, 0) is 49.2 Å². The molecular formula is C16H14N2O2. The van der Waals surface area contributed by atoms with Crippen LogP contribution in [0.25, 0.3) is 16.5 Å². The minimum Gasteiger partial charge on any atom is -0.267 e. The van der Waals surface area contributed by atoms with Crippen LogP contribution in [0.2, 0.25) is 0 Å². The van der Waals surface area contributed by atoms with Gasteiger partial charge in [0.05, 0.1) is 16.5 Å². The van der Waals surface area contributed by atoms with E-state index in [0.717, 1.165) is 11.1 Å². The molecule has 3 rings (SSSR count). The molecule has 0 atom stereocenters. The molecule has 0 fully saturated rings. The van der Waals surface area contributed by atoms with Gasteiger partial charge in [0.1, 0.15) is 0 Å². The Morgan fingerprint density at radius 1 is 0.900 bits per heavy atom. The number of hydrogen-bond acceptors (Lipinski definition) is 2. The van der Waals surface area contributed by atoms with Gasteiger partial charge in [0.15, 0.2) is 0 Å². The minimum atomic E-state index is -0.264. The molecule has 0 unspecified atom stereocenters. The zero-order valence-electron chi connectivity index (χ0n) is 11.3. The molecule has 0 aliphatic heterocycles. The van der Waals surface area contributed by atoms with E-state index < -0.39 is 0 Å². The van der Waals surface area contributed by atoms with E-state index in [1.54, 1.807) is 24.3 Å². The lowest BCUT2D eigenvalue weighted by Crippen LogP contribution is -2.28. The molecule has 3 aromatic rings. The molecule has 1 N–H and O–H groups in total. The van der Waals surface area contributed by atoms with Crippen molar-refractivity contribution in [3.05, 3.63) is 74.3 Å². The average molecular weight is 266 g/mol. The first kappa shape index (κ1) is 12.4. The summed E-state index contributed by atoms with van der Waals surface area (Å²) < 4.78 is 1.31. The Kier molecular flexibility index (Phi) is 2.79. The summed E-state index contributed by atoms with van der Waals surface area (Å²) in [6, 6.07) is 12.6. The Morgan fingerprint density at radius 3 is 2.15 bits per heavy atom. The molecule has 4 nitrogen and oxygen atoms in total. The highest BCUT2D eigenvalue weighted by Crippen LogP contribution is 2.12. The topological polar surface area (TPSA) is 54.9 Å². The zero-order chi connectivity index (χ0) is 14.3. The number of H-pyrrole nitrogens is 1. The monoisotopic (exact) mass is 266 g/mol. The third kappa shape index (κ3) is 1.95. The number of aromatic nitrogens is 2. The Balaban J connectivity index is 2.40. The van der Waals surface area contributed by atoms with Crippen LogP contribution in [-0.2, 0) is 0 Å². The number of aromatic amines is 1. The van der Waals surface area contributed by atoms with Gasteiger partial charge in [-0.2, -0.15) is 0 Å². The fourth-order valence-corrected chi connectivity index (χ4v) is 2.46. The molecule has 2 aromatic carbocycles. The third-order valence-electron chi connectivity index (χ3n) is 3.28. The van der Waals surface area contributed by atoms with Crippen LogP contribution in [0.3, 0.4) is 0 Å². The van der Waals surface area contributed by atoms with Gasteiger partial charge in [-0.15, -0.1) is 0 Å². The maximum absolute atomic E-state index is 12.5. The fraction of sp³-hybridized carbons (Fsp3) is 0.125. The van der Waals surface area contributed by atoms with Gasteiger partial charge in [0.2, 0.25) is 0 Å². The van der Waals surface area contributed by atoms with E-state index in [2.05, 4.69) is 5.10 Å². The molecular weight excluding hydrogens is 252 g/mol. The average Bonchev–Trinajstić information content (AvgIpc) is 2.42. The maximum Gasteiger partial charge on any atom is 0.277 e. The van der Waals surface area contributed by atoms with Crippen LogP contribution in [0.1, 0.15) is 11.1 Å². The highest BCUT2D eigenvalue weighted by molar-refractivity contribution is 5.80. The molecule has 0 spiro atoms. The van der Waals surface area contributed by atoms with E-state index >= 15 is 0 Å². The van der Waals surface area contributed by atoms with Crippen LogP contribution < -0.4 is 11.1 Å². The van der Waals surface area contributed by atoms with Gasteiger partial charge in [-0.3, -0.25) is 14.7 Å². The lowest BCUT2D eigenvalue weighted by Gasteiger charge is -2.09. The van der Waals surface area contributed by atoms with Gasteiger partial charge in [-0.25, -0.2) is 4.68 Å². The molecule has 0 amide bonds. The number of aryl methyl sites for hydroxylation is 2. The Bertz CT molecular complexity index is 899. The second-order valence-corrected chi connectivity index (χ2v) is 4.97. The Labute approximate surface area is 115 Å². The molecule has 0 saturated heterocycles. The highest BCUT2D eigenvalue weighted by atomic mass is 16.2. The SMILES string of the molecule is Cc1cc(C)cc(-n2[nH]c(=O)c3ccccc3c2=O)c1. The molecule has 0 aliphatic rings. The first-order chi connectivity index (χ1) is 9.56. The first-order valence-electron chi connectivity index (χ1n) is 6.39. The minimum absolute atomic E-state index is 0.217. The van der Waals surface area contributed by atoms with Crippen molar-refractivity contribution in [3.63, 3.8) is 0 Å². The molecule has 4 heteroatoms. The number of fused-ring (bicyclic) bond motifs is 1. The quantitative estimate of drug-likeness (QED) is 0.734. The summed E-state index contributed by atoms with van der Waals surface area (Å²) in [6.45, 7) is 3.92. The Morgan fingerprint density at radius 2 is 1.50 bits per heavy atom. The van der Waals surface area contributed by atoms with Gasteiger partial charge in [-0.1, -0.05) is 18.2 Å². The number of benzene rings is 2. The van der Waals surface area contributed by atoms with Gasteiger partial charge in [0, 0.05) is 0 Å². The van der Waals surface area contributed by atoms with Crippen molar-refractivity contribution in [2.24, 2.45) is 0 Å². The van der Waals surface area contributed by atoms with Crippen molar-refractivity contribution >= 4 is 10.8 Å². The van der Waals surface area contributed by atoms with Crippen LogP contribution in [0.15, 0.2) is 52.1 Å². The van der Waals surface area contributed by atoms with Crippen LogP contribution in [0, 0.1) is 13.8 Å². The predicted octanol–water partition coefficient (Wildman–Crippen LogP) is 2.30. The van der Waals surface area contributed by atoms with E-state index in [1.807, 2.05) is 32.0 Å². The normalized spacial score (nSPS) is 10.9. The number of nitrogens with one attached hydrogen (secondary N) is 1. The standard InChI is InChI=1S/C16H14N2O2/c1-10-7-11(2)9-12(8-10)18-16(20)14-6-4-3-5-13(14)15(19)17-18/h3-9H,1-2H3,(H,17,19). The molecule has 0 saturated carbocycles. The molecule has 100 valence electrons. The molecule has 1 heterocycles. The van der Waals surface area contributed by atoms with Crippen molar-refractivity contribution in [1.82, 2.24) is 9.78 Å². The predicted molar refractivity (Wildman–Crippen MR) is 79.6 cm³/mol. The van der Waals surface area contributed by atoms with E-state index in [-0.39, 0.29) is 11.1 Å². The number of nitrogens with zero attached hydrogens (tertiary/aromatic N) is 1. The van der Waals surface area contributed by atoms with E-state index in [0.29, 0.717) is 16.5 Å². The molecule has 1 aromatic heterocycles. The molecule has 0 radical (unpaired) electrons. The summed E-state index contributed by atoms with van der Waals surface area (Å²) >= 11 is 0. The second kappa shape index (κ2) is 4.49. The van der Waals surface area contributed by atoms with Gasteiger partial charge in [0.25, 0.3) is 11.1 Å². The molecule has 20 heavy (non-hydrogen) atoms. The van der Waals surface area contributed by atoms with Crippen molar-refractivity contribution in [2.45, 2.75) is 13.8 Å². The highest BCUT2D eigenvalue weighted by Gasteiger charge is 2.08. The fourth-order valence-electron chi connectivity index (χ4n) is 2.46. The van der Waals surface area contributed by atoms with Crippen molar-refractivity contribution in [3.8, 4) is 5.69 Å². The maximum atomic E-state index is 12.5. The van der Waals surface area contributed by atoms with E-state index in [4.69, 9.17) is 0 Å². The van der Waals surface area contributed by atoms with Crippen LogP contribution in [-0.4, -0.2) is 9.78 Å².